The van der Waals surface area contributed by atoms with Crippen molar-refractivity contribution in [3.63, 3.8) is 0 Å². The van der Waals surface area contributed by atoms with Gasteiger partial charge in [-0.15, -0.1) is 0 Å². The smallest absolute Gasteiger partial charge is 0.317 e. The third-order valence-corrected chi connectivity index (χ3v) is 7.07. The van der Waals surface area contributed by atoms with Gasteiger partial charge in [-0.3, -0.25) is 9.98 Å². The molecule has 32 heavy (non-hydrogen) atoms. The Morgan fingerprint density at radius 2 is 1.91 bits per heavy atom. The third kappa shape index (κ3) is 4.07. The molecule has 0 saturated carbocycles. The molecule has 1 aromatic heterocycles. The van der Waals surface area contributed by atoms with Crippen LogP contribution in [0.3, 0.4) is 0 Å². The average molecular weight is 430 g/mol. The second-order valence-electron chi connectivity index (χ2n) is 9.08. The SMILES string of the molecule is CCN1CC(NC(=O)N2CCC3=C(C2)C(c2ccncc2)=NC3)[C@H](c2ccc(C)cc2)C1. The van der Waals surface area contributed by atoms with Crippen molar-refractivity contribution in [2.45, 2.75) is 32.2 Å². The number of hydrogen-bond acceptors (Lipinski definition) is 4. The molecule has 2 aromatic rings. The molecule has 6 nitrogen and oxygen atoms in total. The highest BCUT2D eigenvalue weighted by Crippen LogP contribution is 2.30. The van der Waals surface area contributed by atoms with Gasteiger partial charge in [-0.05, 0) is 48.7 Å². The highest BCUT2D eigenvalue weighted by molar-refractivity contribution is 6.15. The molecule has 2 atom stereocenters. The average Bonchev–Trinajstić information content (AvgIpc) is 3.44. The Morgan fingerprint density at radius 1 is 1.12 bits per heavy atom. The summed E-state index contributed by atoms with van der Waals surface area (Å²) in [5.41, 5.74) is 7.27. The molecule has 3 aliphatic rings. The lowest BCUT2D eigenvalue weighted by Crippen LogP contribution is -2.49. The number of aromatic nitrogens is 1. The van der Waals surface area contributed by atoms with Gasteiger partial charge in [-0.25, -0.2) is 4.79 Å². The summed E-state index contributed by atoms with van der Waals surface area (Å²) < 4.78 is 0. The number of carbonyl (C=O) groups excluding carboxylic acids is 1. The van der Waals surface area contributed by atoms with Gasteiger partial charge >= 0.3 is 6.03 Å². The number of nitrogens with one attached hydrogen (secondary N) is 1. The molecular weight excluding hydrogens is 398 g/mol. The standard InChI is InChI=1S/C26H31N5O/c1-3-30-15-22(19-6-4-18(2)5-7-19)24(17-30)29-26(32)31-13-10-21-14-28-25(23(21)16-31)20-8-11-27-12-9-20/h4-9,11-12,22,24H,3,10,13-17H2,1-2H3,(H,29,32)/t22-,24?/m0/s1. The van der Waals surface area contributed by atoms with Crippen molar-refractivity contribution >= 4 is 11.7 Å². The summed E-state index contributed by atoms with van der Waals surface area (Å²) >= 11 is 0. The Hall–Kier alpha value is -2.99. The summed E-state index contributed by atoms with van der Waals surface area (Å²) in [6.07, 6.45) is 4.50. The summed E-state index contributed by atoms with van der Waals surface area (Å²) in [6.45, 7) is 9.32. The fourth-order valence-electron chi connectivity index (χ4n) is 5.13. The van der Waals surface area contributed by atoms with Gasteiger partial charge in [0.05, 0.1) is 18.3 Å². The normalized spacial score (nSPS) is 23.3. The molecule has 3 aliphatic heterocycles. The van der Waals surface area contributed by atoms with Crippen LogP contribution < -0.4 is 5.32 Å². The van der Waals surface area contributed by atoms with Gasteiger partial charge in [0.1, 0.15) is 0 Å². The number of hydrogen-bond donors (Lipinski definition) is 1. The molecule has 5 rings (SSSR count). The van der Waals surface area contributed by atoms with Crippen molar-refractivity contribution in [3.8, 4) is 0 Å². The van der Waals surface area contributed by atoms with Gasteiger partial charge in [-0.1, -0.05) is 36.8 Å². The van der Waals surface area contributed by atoms with Crippen LogP contribution in [0.25, 0.3) is 0 Å². The molecule has 0 bridgehead atoms. The van der Waals surface area contributed by atoms with E-state index in [1.165, 1.54) is 22.3 Å². The molecule has 0 spiro atoms. The molecule has 1 fully saturated rings. The Bertz CT molecular complexity index is 1040. The monoisotopic (exact) mass is 429 g/mol. The fraction of sp³-hybridized carbons (Fsp3) is 0.423. The van der Waals surface area contributed by atoms with E-state index in [1.54, 1.807) is 12.4 Å². The van der Waals surface area contributed by atoms with Crippen LogP contribution in [0.5, 0.6) is 0 Å². The van der Waals surface area contributed by atoms with Gasteiger partial charge in [0, 0.05) is 50.1 Å². The largest absolute Gasteiger partial charge is 0.333 e. The number of aliphatic imine (C=N–C) groups is 1. The highest BCUT2D eigenvalue weighted by atomic mass is 16.2. The van der Waals surface area contributed by atoms with E-state index in [4.69, 9.17) is 4.99 Å². The predicted octanol–water partition coefficient (Wildman–Crippen LogP) is 3.39. The van der Waals surface area contributed by atoms with Gasteiger partial charge in [0.2, 0.25) is 0 Å². The first-order valence-electron chi connectivity index (χ1n) is 11.6. The van der Waals surface area contributed by atoms with Crippen molar-refractivity contribution in [2.75, 3.05) is 39.3 Å². The molecule has 1 N–H and O–H groups in total. The minimum absolute atomic E-state index is 0.0394. The number of nitrogens with zero attached hydrogens (tertiary/aromatic N) is 4. The molecule has 1 unspecified atom stereocenters. The maximum absolute atomic E-state index is 13.3. The van der Waals surface area contributed by atoms with E-state index in [-0.39, 0.29) is 12.1 Å². The molecular formula is C26H31N5O. The first kappa shape index (κ1) is 20.9. The number of amides is 2. The number of carbonyl (C=O) groups is 1. The number of likely N-dealkylation sites (N-methyl/N-ethyl adjacent to an activating group) is 1. The minimum Gasteiger partial charge on any atom is -0.333 e. The zero-order valence-corrected chi connectivity index (χ0v) is 18.9. The number of pyridine rings is 1. The summed E-state index contributed by atoms with van der Waals surface area (Å²) in [5, 5.41) is 3.38. The second-order valence-corrected chi connectivity index (χ2v) is 9.08. The summed E-state index contributed by atoms with van der Waals surface area (Å²) in [7, 11) is 0. The van der Waals surface area contributed by atoms with Gasteiger partial charge < -0.3 is 15.1 Å². The number of urea groups is 1. The number of rotatable bonds is 4. The van der Waals surface area contributed by atoms with Crippen LogP contribution in [-0.4, -0.2) is 71.8 Å². The zero-order chi connectivity index (χ0) is 22.1. The maximum atomic E-state index is 13.3. The predicted molar refractivity (Wildman–Crippen MR) is 127 cm³/mol. The molecule has 0 aliphatic carbocycles. The Balaban J connectivity index is 1.29. The molecule has 4 heterocycles. The van der Waals surface area contributed by atoms with E-state index in [9.17, 15) is 4.79 Å². The molecule has 1 aromatic carbocycles. The summed E-state index contributed by atoms with van der Waals surface area (Å²) in [6, 6.07) is 12.9. The minimum atomic E-state index is 0.0394. The van der Waals surface area contributed by atoms with Crippen LogP contribution in [-0.2, 0) is 0 Å². The van der Waals surface area contributed by atoms with Crippen molar-refractivity contribution in [2.24, 2.45) is 4.99 Å². The van der Waals surface area contributed by atoms with Crippen LogP contribution in [0.2, 0.25) is 0 Å². The maximum Gasteiger partial charge on any atom is 0.317 e. The number of benzene rings is 1. The molecule has 1 saturated heterocycles. The lowest BCUT2D eigenvalue weighted by Gasteiger charge is -2.31. The Labute approximate surface area is 190 Å². The number of likely N-dealkylation sites (tertiary alicyclic amines) is 1. The van der Waals surface area contributed by atoms with Crippen molar-refractivity contribution < 1.29 is 4.79 Å². The van der Waals surface area contributed by atoms with Crippen LogP contribution in [0.15, 0.2) is 64.9 Å². The van der Waals surface area contributed by atoms with Crippen LogP contribution in [0, 0.1) is 6.92 Å². The van der Waals surface area contributed by atoms with E-state index in [1.807, 2.05) is 17.0 Å². The van der Waals surface area contributed by atoms with E-state index in [0.29, 0.717) is 12.5 Å². The quantitative estimate of drug-likeness (QED) is 0.810. The van der Waals surface area contributed by atoms with Crippen LogP contribution in [0.1, 0.15) is 36.0 Å². The van der Waals surface area contributed by atoms with E-state index < -0.39 is 0 Å². The lowest BCUT2D eigenvalue weighted by molar-refractivity contribution is 0.196. The Kier molecular flexibility index (Phi) is 5.79. The molecule has 6 heteroatoms. The Morgan fingerprint density at radius 3 is 2.66 bits per heavy atom. The van der Waals surface area contributed by atoms with Gasteiger partial charge in [-0.2, -0.15) is 0 Å². The summed E-state index contributed by atoms with van der Waals surface area (Å²) in [4.78, 5) is 26.6. The molecule has 0 radical (unpaired) electrons. The fourth-order valence-corrected chi connectivity index (χ4v) is 5.13. The number of aryl methyl sites for hydroxylation is 1. The lowest BCUT2D eigenvalue weighted by atomic mass is 9.93. The van der Waals surface area contributed by atoms with Crippen LogP contribution in [0.4, 0.5) is 4.79 Å². The highest BCUT2D eigenvalue weighted by Gasteiger charge is 2.36. The van der Waals surface area contributed by atoms with E-state index in [2.05, 4.69) is 53.3 Å². The summed E-state index contributed by atoms with van der Waals surface area (Å²) in [5.74, 6) is 0.319. The van der Waals surface area contributed by atoms with Crippen molar-refractivity contribution in [3.05, 3.63) is 76.6 Å². The first-order chi connectivity index (χ1) is 15.6. The van der Waals surface area contributed by atoms with Gasteiger partial charge in [0.15, 0.2) is 0 Å². The topological polar surface area (TPSA) is 60.8 Å². The van der Waals surface area contributed by atoms with E-state index >= 15 is 0 Å². The zero-order valence-electron chi connectivity index (χ0n) is 18.9. The van der Waals surface area contributed by atoms with Gasteiger partial charge in [0.25, 0.3) is 0 Å². The third-order valence-electron chi connectivity index (χ3n) is 7.07. The molecule has 166 valence electrons. The molecule has 2 amide bonds. The van der Waals surface area contributed by atoms with Crippen molar-refractivity contribution in [1.29, 1.82) is 0 Å². The van der Waals surface area contributed by atoms with Crippen LogP contribution >= 0.6 is 0 Å². The van der Waals surface area contributed by atoms with Crippen molar-refractivity contribution in [1.82, 2.24) is 20.1 Å². The van der Waals surface area contributed by atoms with E-state index in [0.717, 1.165) is 50.4 Å². The second kappa shape index (κ2) is 8.87. The first-order valence-corrected chi connectivity index (χ1v) is 11.6.